The number of hydrogen-bond donors (Lipinski definition) is 1. The van der Waals surface area contributed by atoms with Gasteiger partial charge in [0.1, 0.15) is 16.8 Å². The fourth-order valence-electron chi connectivity index (χ4n) is 3.70. The Morgan fingerprint density at radius 3 is 2.42 bits per heavy atom. The van der Waals surface area contributed by atoms with Gasteiger partial charge in [0.05, 0.1) is 6.04 Å². The van der Waals surface area contributed by atoms with Crippen LogP contribution in [0.4, 0.5) is 5.95 Å². The van der Waals surface area contributed by atoms with Gasteiger partial charge in [0, 0.05) is 36.4 Å². The van der Waals surface area contributed by atoms with E-state index in [9.17, 15) is 0 Å². The highest BCUT2D eigenvalue weighted by Crippen LogP contribution is 2.27. The van der Waals surface area contributed by atoms with Gasteiger partial charge in [0.25, 0.3) is 0 Å². The molecule has 0 aliphatic rings. The summed E-state index contributed by atoms with van der Waals surface area (Å²) in [6, 6.07) is 24.1. The van der Waals surface area contributed by atoms with Crippen LogP contribution in [0.25, 0.3) is 28.3 Å². The first kappa shape index (κ1) is 20.8. The summed E-state index contributed by atoms with van der Waals surface area (Å²) in [5.41, 5.74) is 4.29. The van der Waals surface area contributed by atoms with Crippen molar-refractivity contribution in [2.45, 2.75) is 13.0 Å². The molecule has 0 radical (unpaired) electrons. The minimum atomic E-state index is 0.0248. The molecule has 33 heavy (non-hydrogen) atoms. The number of halogens is 1. The van der Waals surface area contributed by atoms with E-state index in [0.29, 0.717) is 16.9 Å². The first-order valence-corrected chi connectivity index (χ1v) is 11.0. The molecule has 0 saturated carbocycles. The number of aromatic nitrogens is 5. The second kappa shape index (κ2) is 9.22. The zero-order valence-corrected chi connectivity index (χ0v) is 18.7. The lowest BCUT2D eigenvalue weighted by molar-refractivity contribution is 0.853. The Labute approximate surface area is 197 Å². The van der Waals surface area contributed by atoms with Crippen molar-refractivity contribution < 1.29 is 0 Å². The molecule has 5 rings (SSSR count). The molecule has 162 valence electrons. The summed E-state index contributed by atoms with van der Waals surface area (Å²) in [5, 5.41) is 3.70. The second-order valence-electron chi connectivity index (χ2n) is 7.59. The van der Waals surface area contributed by atoms with Crippen molar-refractivity contribution in [3.05, 3.63) is 108 Å². The van der Waals surface area contributed by atoms with Crippen LogP contribution in [0.2, 0.25) is 5.15 Å². The smallest absolute Gasteiger partial charge is 0.226 e. The third kappa shape index (κ3) is 4.61. The van der Waals surface area contributed by atoms with Crippen LogP contribution >= 0.6 is 11.6 Å². The van der Waals surface area contributed by atoms with E-state index in [-0.39, 0.29) is 6.04 Å². The predicted octanol–water partition coefficient (Wildman–Crippen LogP) is 6.22. The highest BCUT2D eigenvalue weighted by Gasteiger charge is 2.14. The Kier molecular flexibility index (Phi) is 5.83. The molecule has 3 aromatic heterocycles. The molecule has 0 bridgehead atoms. The van der Waals surface area contributed by atoms with E-state index in [1.54, 1.807) is 24.7 Å². The van der Waals surface area contributed by atoms with E-state index < -0.39 is 0 Å². The molecule has 3 heterocycles. The topological polar surface area (TPSA) is 68.5 Å². The lowest BCUT2D eigenvalue weighted by Gasteiger charge is -2.15. The molecule has 0 aliphatic carbocycles. The van der Waals surface area contributed by atoms with Gasteiger partial charge < -0.3 is 5.32 Å². The van der Waals surface area contributed by atoms with E-state index in [1.165, 1.54) is 0 Å². The summed E-state index contributed by atoms with van der Waals surface area (Å²) >= 11 is 6.37. The van der Waals surface area contributed by atoms with Gasteiger partial charge in [0.2, 0.25) is 5.95 Å². The molecule has 0 spiro atoms. The van der Waals surface area contributed by atoms with Crippen molar-refractivity contribution in [3.63, 3.8) is 0 Å². The van der Waals surface area contributed by atoms with Gasteiger partial charge in [-0.05, 0) is 41.8 Å². The number of anilines is 1. The predicted molar refractivity (Wildman–Crippen MR) is 131 cm³/mol. The average molecular weight is 453 g/mol. The minimum absolute atomic E-state index is 0.0248. The van der Waals surface area contributed by atoms with Gasteiger partial charge in [-0.1, -0.05) is 60.1 Å². The summed E-state index contributed by atoms with van der Waals surface area (Å²) in [7, 11) is 0. The Morgan fingerprint density at radius 2 is 1.61 bits per heavy atom. The maximum absolute atomic E-state index is 6.37. The number of nitrogens with zero attached hydrogens (tertiary/aromatic N) is 5. The van der Waals surface area contributed by atoms with Crippen molar-refractivity contribution in [3.8, 4) is 28.3 Å². The SMILES string of the molecule is C[C@H](Nc1nc(Cl)cc(-n2ccnc2-c2cccc(-c3ccncc3)c2)n1)c1ccccc1. The zero-order valence-electron chi connectivity index (χ0n) is 17.9. The molecule has 1 N–H and O–H groups in total. The molecule has 5 aromatic rings. The van der Waals surface area contributed by atoms with Crippen LogP contribution in [-0.4, -0.2) is 24.5 Å². The Balaban J connectivity index is 1.48. The van der Waals surface area contributed by atoms with Crippen LogP contribution < -0.4 is 5.32 Å². The standard InChI is InChI=1S/C26H21ClN6/c1-18(19-6-3-2-4-7-19)30-26-31-23(27)17-24(32-26)33-15-14-29-25(33)22-9-5-8-21(16-22)20-10-12-28-13-11-20/h2-18H,1H3,(H,30,31,32)/t18-/m0/s1. The Morgan fingerprint density at radius 1 is 0.818 bits per heavy atom. The summed E-state index contributed by atoms with van der Waals surface area (Å²) in [4.78, 5) is 17.8. The van der Waals surface area contributed by atoms with Crippen LogP contribution in [0.15, 0.2) is 97.6 Å². The number of hydrogen-bond acceptors (Lipinski definition) is 5. The minimum Gasteiger partial charge on any atom is -0.348 e. The van der Waals surface area contributed by atoms with Crippen molar-refractivity contribution >= 4 is 17.5 Å². The lowest BCUT2D eigenvalue weighted by Crippen LogP contribution is -2.11. The molecule has 0 amide bonds. The fourth-order valence-corrected chi connectivity index (χ4v) is 3.87. The van der Waals surface area contributed by atoms with Gasteiger partial charge in [0.15, 0.2) is 0 Å². The third-order valence-corrected chi connectivity index (χ3v) is 5.54. The molecule has 0 saturated heterocycles. The fraction of sp³-hybridized carbons (Fsp3) is 0.0769. The Hall–Kier alpha value is -4.03. The van der Waals surface area contributed by atoms with Crippen molar-refractivity contribution in [1.29, 1.82) is 0 Å². The van der Waals surface area contributed by atoms with Crippen LogP contribution in [0, 0.1) is 0 Å². The summed E-state index contributed by atoms with van der Waals surface area (Å²) in [6.45, 7) is 2.06. The van der Waals surface area contributed by atoms with E-state index in [1.807, 2.05) is 53.2 Å². The van der Waals surface area contributed by atoms with Gasteiger partial charge >= 0.3 is 0 Å². The summed E-state index contributed by atoms with van der Waals surface area (Å²) < 4.78 is 1.91. The number of benzene rings is 2. The van der Waals surface area contributed by atoms with E-state index >= 15 is 0 Å². The first-order chi connectivity index (χ1) is 16.2. The molecular weight excluding hydrogens is 432 g/mol. The average Bonchev–Trinajstić information content (AvgIpc) is 3.35. The lowest BCUT2D eigenvalue weighted by atomic mass is 10.0. The molecule has 6 nitrogen and oxygen atoms in total. The first-order valence-electron chi connectivity index (χ1n) is 10.6. The maximum Gasteiger partial charge on any atom is 0.226 e. The monoisotopic (exact) mass is 452 g/mol. The number of nitrogens with one attached hydrogen (secondary N) is 1. The summed E-state index contributed by atoms with van der Waals surface area (Å²) in [6.07, 6.45) is 7.20. The number of imidazole rings is 1. The maximum atomic E-state index is 6.37. The highest BCUT2D eigenvalue weighted by molar-refractivity contribution is 6.29. The quantitative estimate of drug-likeness (QED) is 0.310. The molecule has 0 unspecified atom stereocenters. The second-order valence-corrected chi connectivity index (χ2v) is 7.97. The van der Waals surface area contributed by atoms with Gasteiger partial charge in [-0.15, -0.1) is 0 Å². The van der Waals surface area contributed by atoms with Crippen molar-refractivity contribution in [1.82, 2.24) is 24.5 Å². The van der Waals surface area contributed by atoms with Crippen molar-refractivity contribution in [2.75, 3.05) is 5.32 Å². The number of pyridine rings is 1. The molecule has 0 aliphatic heterocycles. The zero-order chi connectivity index (χ0) is 22.6. The van der Waals surface area contributed by atoms with Gasteiger partial charge in [-0.3, -0.25) is 9.55 Å². The van der Waals surface area contributed by atoms with Crippen LogP contribution in [-0.2, 0) is 0 Å². The Bertz CT molecular complexity index is 1370. The van der Waals surface area contributed by atoms with E-state index in [4.69, 9.17) is 16.6 Å². The molecular formula is C26H21ClN6. The normalized spacial score (nSPS) is 11.8. The van der Waals surface area contributed by atoms with Crippen LogP contribution in [0.5, 0.6) is 0 Å². The van der Waals surface area contributed by atoms with Crippen LogP contribution in [0.3, 0.4) is 0 Å². The van der Waals surface area contributed by atoms with Gasteiger partial charge in [-0.2, -0.15) is 4.98 Å². The summed E-state index contributed by atoms with van der Waals surface area (Å²) in [5.74, 6) is 1.86. The molecule has 7 heteroatoms. The number of rotatable bonds is 6. The third-order valence-electron chi connectivity index (χ3n) is 5.35. The molecule has 0 fully saturated rings. The van der Waals surface area contributed by atoms with E-state index in [0.717, 1.165) is 28.1 Å². The van der Waals surface area contributed by atoms with E-state index in [2.05, 4.69) is 51.5 Å². The van der Waals surface area contributed by atoms with Gasteiger partial charge in [-0.25, -0.2) is 9.97 Å². The largest absolute Gasteiger partial charge is 0.348 e. The van der Waals surface area contributed by atoms with Crippen molar-refractivity contribution in [2.24, 2.45) is 0 Å². The van der Waals surface area contributed by atoms with Crippen LogP contribution in [0.1, 0.15) is 18.5 Å². The molecule has 2 aromatic carbocycles. The molecule has 1 atom stereocenters. The highest BCUT2D eigenvalue weighted by atomic mass is 35.5.